The Morgan fingerprint density at radius 2 is 2.27 bits per heavy atom. The summed E-state index contributed by atoms with van der Waals surface area (Å²) in [5.74, 6) is -0.317. The molecule has 0 saturated carbocycles. The molecule has 15 heavy (non-hydrogen) atoms. The van der Waals surface area contributed by atoms with Crippen LogP contribution in [0.3, 0.4) is 0 Å². The molecule has 4 heteroatoms. The minimum atomic E-state index is -0.482. The quantitative estimate of drug-likeness (QED) is 0.587. The number of halogens is 1. The minimum absolute atomic E-state index is 0.238. The topological polar surface area (TPSA) is 38.8 Å². The van der Waals surface area contributed by atoms with Crippen molar-refractivity contribution in [3.8, 4) is 0 Å². The first-order valence-electron chi connectivity index (χ1n) is 4.80. The van der Waals surface area contributed by atoms with Gasteiger partial charge in [-0.3, -0.25) is 0 Å². The van der Waals surface area contributed by atoms with Crippen molar-refractivity contribution < 1.29 is 14.3 Å². The molecule has 0 spiro atoms. The molecule has 0 aromatic heterocycles. The second-order valence-electron chi connectivity index (χ2n) is 3.25. The monoisotopic (exact) mass is 226 g/mol. The minimum Gasteiger partial charge on any atom is -0.464 e. The van der Waals surface area contributed by atoms with Gasteiger partial charge in [0.2, 0.25) is 0 Å². The van der Waals surface area contributed by atoms with E-state index in [2.05, 4.69) is 0 Å². The van der Waals surface area contributed by atoms with Crippen LogP contribution in [0.5, 0.6) is 0 Å². The lowest BCUT2D eigenvalue weighted by molar-refractivity contribution is -0.144. The second kappa shape index (κ2) is 4.21. The Kier molecular flexibility index (Phi) is 2.93. The Hall–Kier alpha value is -1.06. The third kappa shape index (κ3) is 2.13. The molecular weight excluding hydrogens is 216 g/mol. The highest BCUT2D eigenvalue weighted by Crippen LogP contribution is 2.42. The van der Waals surface area contributed by atoms with Crippen molar-refractivity contribution in [2.24, 2.45) is 0 Å². The fourth-order valence-corrected chi connectivity index (χ4v) is 1.70. The first-order chi connectivity index (χ1) is 7.24. The first-order valence-corrected chi connectivity index (χ1v) is 5.18. The number of hydrogen-bond donors (Lipinski definition) is 0. The van der Waals surface area contributed by atoms with Crippen LogP contribution in [0.2, 0.25) is 5.02 Å². The van der Waals surface area contributed by atoms with Gasteiger partial charge in [-0.25, -0.2) is 4.79 Å². The Balaban J connectivity index is 2.05. The van der Waals surface area contributed by atoms with Crippen molar-refractivity contribution in [2.75, 3.05) is 6.61 Å². The number of rotatable bonds is 3. The van der Waals surface area contributed by atoms with E-state index in [1.807, 2.05) is 18.2 Å². The molecule has 2 rings (SSSR count). The van der Waals surface area contributed by atoms with Gasteiger partial charge in [0.25, 0.3) is 0 Å². The molecule has 1 saturated heterocycles. The average Bonchev–Trinajstić information content (AvgIpc) is 2.98. The summed E-state index contributed by atoms with van der Waals surface area (Å²) >= 11 is 5.97. The Morgan fingerprint density at radius 1 is 1.53 bits per heavy atom. The largest absolute Gasteiger partial charge is 0.464 e. The van der Waals surface area contributed by atoms with Crippen molar-refractivity contribution in [3.63, 3.8) is 0 Å². The Labute approximate surface area is 92.9 Å². The standard InChI is InChI=1S/C11H11ClO3/c1-2-14-11(13)10-9(15-10)7-5-3-4-6-8(7)12/h3-6,9-10H,2H2,1H3. The number of hydrogen-bond acceptors (Lipinski definition) is 3. The molecule has 0 aliphatic carbocycles. The van der Waals surface area contributed by atoms with Gasteiger partial charge in [-0.2, -0.15) is 0 Å². The van der Waals surface area contributed by atoms with Crippen LogP contribution in [0.4, 0.5) is 0 Å². The van der Waals surface area contributed by atoms with Gasteiger partial charge in [0.1, 0.15) is 6.10 Å². The molecule has 1 fully saturated rings. The highest BCUT2D eigenvalue weighted by atomic mass is 35.5. The van der Waals surface area contributed by atoms with Gasteiger partial charge in [0.15, 0.2) is 6.10 Å². The van der Waals surface area contributed by atoms with E-state index < -0.39 is 6.10 Å². The lowest BCUT2D eigenvalue weighted by Gasteiger charge is -1.99. The molecule has 1 aliphatic rings. The van der Waals surface area contributed by atoms with Crippen molar-refractivity contribution in [2.45, 2.75) is 19.1 Å². The van der Waals surface area contributed by atoms with Crippen LogP contribution in [0.15, 0.2) is 24.3 Å². The summed E-state index contributed by atoms with van der Waals surface area (Å²) in [6.07, 6.45) is -0.720. The van der Waals surface area contributed by atoms with Gasteiger partial charge < -0.3 is 9.47 Å². The summed E-state index contributed by atoms with van der Waals surface area (Å²) in [5.41, 5.74) is 0.845. The maximum absolute atomic E-state index is 11.3. The van der Waals surface area contributed by atoms with Crippen LogP contribution in [-0.4, -0.2) is 18.7 Å². The normalized spacial score (nSPS) is 23.6. The molecule has 1 heterocycles. The molecular formula is C11H11ClO3. The zero-order valence-corrected chi connectivity index (χ0v) is 9.03. The number of carbonyl (C=O) groups is 1. The summed E-state index contributed by atoms with van der Waals surface area (Å²) < 4.78 is 10.1. The van der Waals surface area contributed by atoms with Gasteiger partial charge in [-0.1, -0.05) is 29.8 Å². The van der Waals surface area contributed by atoms with Crippen LogP contribution < -0.4 is 0 Å². The zero-order valence-electron chi connectivity index (χ0n) is 8.27. The highest BCUT2D eigenvalue weighted by molar-refractivity contribution is 6.31. The predicted molar refractivity (Wildman–Crippen MR) is 55.7 cm³/mol. The number of benzene rings is 1. The van der Waals surface area contributed by atoms with Crippen LogP contribution in [0.25, 0.3) is 0 Å². The van der Waals surface area contributed by atoms with Crippen molar-refractivity contribution in [3.05, 3.63) is 34.9 Å². The fraction of sp³-hybridized carbons (Fsp3) is 0.364. The SMILES string of the molecule is CCOC(=O)C1OC1c1ccccc1Cl. The van der Waals surface area contributed by atoms with Crippen LogP contribution in [0.1, 0.15) is 18.6 Å². The van der Waals surface area contributed by atoms with E-state index in [4.69, 9.17) is 21.1 Å². The summed E-state index contributed by atoms with van der Waals surface area (Å²) in [5, 5.41) is 0.620. The molecule has 2 atom stereocenters. The van der Waals surface area contributed by atoms with E-state index in [1.54, 1.807) is 13.0 Å². The Morgan fingerprint density at radius 3 is 2.93 bits per heavy atom. The van der Waals surface area contributed by atoms with Crippen molar-refractivity contribution in [1.82, 2.24) is 0 Å². The van der Waals surface area contributed by atoms with Gasteiger partial charge >= 0.3 is 5.97 Å². The third-order valence-electron chi connectivity index (χ3n) is 2.22. The van der Waals surface area contributed by atoms with E-state index in [0.717, 1.165) is 5.56 Å². The van der Waals surface area contributed by atoms with Gasteiger partial charge in [0.05, 0.1) is 6.61 Å². The molecule has 3 nitrogen and oxygen atoms in total. The molecule has 80 valence electrons. The molecule has 1 aromatic rings. The highest BCUT2D eigenvalue weighted by Gasteiger charge is 2.48. The fourth-order valence-electron chi connectivity index (χ4n) is 1.46. The number of ether oxygens (including phenoxy) is 2. The number of epoxide rings is 1. The summed E-state index contributed by atoms with van der Waals surface area (Å²) in [7, 11) is 0. The molecule has 0 amide bonds. The van der Waals surface area contributed by atoms with Crippen LogP contribution >= 0.6 is 11.6 Å². The molecule has 0 N–H and O–H groups in total. The van der Waals surface area contributed by atoms with Crippen LogP contribution in [-0.2, 0) is 14.3 Å². The summed E-state index contributed by atoms with van der Waals surface area (Å²) in [6, 6.07) is 7.34. The first kappa shape index (κ1) is 10.5. The van der Waals surface area contributed by atoms with E-state index in [0.29, 0.717) is 11.6 Å². The lowest BCUT2D eigenvalue weighted by atomic mass is 10.1. The van der Waals surface area contributed by atoms with Gasteiger partial charge in [-0.05, 0) is 13.0 Å². The molecule has 1 aliphatic heterocycles. The van der Waals surface area contributed by atoms with Crippen molar-refractivity contribution >= 4 is 17.6 Å². The molecule has 0 bridgehead atoms. The zero-order chi connectivity index (χ0) is 10.8. The van der Waals surface area contributed by atoms with E-state index in [9.17, 15) is 4.79 Å². The van der Waals surface area contributed by atoms with E-state index in [-0.39, 0.29) is 12.1 Å². The number of carbonyl (C=O) groups excluding carboxylic acids is 1. The Bertz CT molecular complexity index is 378. The predicted octanol–water partition coefficient (Wildman–Crippen LogP) is 2.34. The summed E-state index contributed by atoms with van der Waals surface area (Å²) in [4.78, 5) is 11.3. The van der Waals surface area contributed by atoms with Crippen molar-refractivity contribution in [1.29, 1.82) is 0 Å². The molecule has 0 radical (unpaired) electrons. The molecule has 2 unspecified atom stereocenters. The van der Waals surface area contributed by atoms with E-state index in [1.165, 1.54) is 0 Å². The molecule has 1 aromatic carbocycles. The number of esters is 1. The van der Waals surface area contributed by atoms with Gasteiger partial charge in [-0.15, -0.1) is 0 Å². The van der Waals surface area contributed by atoms with Crippen LogP contribution in [0, 0.1) is 0 Å². The maximum Gasteiger partial charge on any atom is 0.338 e. The van der Waals surface area contributed by atoms with E-state index >= 15 is 0 Å². The summed E-state index contributed by atoms with van der Waals surface area (Å²) in [6.45, 7) is 2.14. The maximum atomic E-state index is 11.3. The second-order valence-corrected chi connectivity index (χ2v) is 3.66. The smallest absolute Gasteiger partial charge is 0.338 e. The average molecular weight is 227 g/mol. The third-order valence-corrected chi connectivity index (χ3v) is 2.57. The van der Waals surface area contributed by atoms with Gasteiger partial charge in [0, 0.05) is 10.6 Å². The lowest BCUT2D eigenvalue weighted by Crippen LogP contribution is -2.11.